The van der Waals surface area contributed by atoms with E-state index >= 15 is 0 Å². The molecule has 0 heterocycles. The minimum Gasteiger partial charge on any atom is -0.457 e. The number of unbranched alkanes of at least 4 members (excludes halogenated alkanes) is 1. The fourth-order valence-electron chi connectivity index (χ4n) is 7.04. The first kappa shape index (κ1) is 23.7. The molecule has 2 unspecified atom stereocenters. The Morgan fingerprint density at radius 1 is 1.21 bits per heavy atom. The van der Waals surface area contributed by atoms with Crippen molar-refractivity contribution in [3.8, 4) is 6.07 Å². The normalized spacial score (nSPS) is 34.0. The van der Waals surface area contributed by atoms with Gasteiger partial charge in [0.05, 0.1) is 18.2 Å². The van der Waals surface area contributed by atoms with Crippen LogP contribution in [0.3, 0.4) is 0 Å². The highest BCUT2D eigenvalue weighted by atomic mass is 16.7. The molecule has 0 aromatic heterocycles. The molecule has 4 aliphatic carbocycles. The molecule has 0 radical (unpaired) electrons. The second-order valence-corrected chi connectivity index (χ2v) is 10.5. The van der Waals surface area contributed by atoms with Gasteiger partial charge in [-0.2, -0.15) is 5.26 Å². The summed E-state index contributed by atoms with van der Waals surface area (Å²) in [5.41, 5.74) is 4.43. The SMILES string of the molecule is CCCCC(=O)O[C@@]1(CC#N)CCC2C3CCC4=CC(=NOC(C)=O)CCC4=C3CC[C@@]21C. The Morgan fingerprint density at radius 2 is 2.03 bits per heavy atom. The van der Waals surface area contributed by atoms with Crippen LogP contribution in [-0.4, -0.2) is 23.3 Å². The van der Waals surface area contributed by atoms with Crippen molar-refractivity contribution in [1.82, 2.24) is 0 Å². The summed E-state index contributed by atoms with van der Waals surface area (Å²) in [5.74, 6) is 0.410. The number of hydrogen-bond donors (Lipinski definition) is 0. The summed E-state index contributed by atoms with van der Waals surface area (Å²) in [4.78, 5) is 28.6. The molecule has 178 valence electrons. The highest BCUT2D eigenvalue weighted by Gasteiger charge is 2.63. The number of carbonyl (C=O) groups is 2. The van der Waals surface area contributed by atoms with E-state index in [-0.39, 0.29) is 17.8 Å². The molecule has 0 N–H and O–H groups in total. The Balaban J connectivity index is 1.59. The second kappa shape index (κ2) is 9.44. The number of ether oxygens (including phenoxy) is 1. The number of hydrogen-bond acceptors (Lipinski definition) is 6. The third kappa shape index (κ3) is 4.27. The predicted molar refractivity (Wildman–Crippen MR) is 125 cm³/mol. The van der Waals surface area contributed by atoms with E-state index in [4.69, 9.17) is 9.57 Å². The Bertz CT molecular complexity index is 956. The van der Waals surface area contributed by atoms with Gasteiger partial charge in [0, 0.05) is 18.8 Å². The molecule has 0 bridgehead atoms. The van der Waals surface area contributed by atoms with Crippen LogP contribution >= 0.6 is 0 Å². The first-order chi connectivity index (χ1) is 15.8. The third-order valence-electron chi connectivity index (χ3n) is 8.74. The Kier molecular flexibility index (Phi) is 6.79. The van der Waals surface area contributed by atoms with E-state index in [9.17, 15) is 14.9 Å². The molecule has 2 fully saturated rings. The largest absolute Gasteiger partial charge is 0.457 e. The van der Waals surface area contributed by atoms with Crippen molar-refractivity contribution in [2.75, 3.05) is 0 Å². The molecule has 2 saturated carbocycles. The quantitative estimate of drug-likeness (QED) is 0.283. The van der Waals surface area contributed by atoms with Crippen LogP contribution < -0.4 is 0 Å². The number of esters is 1. The lowest BCUT2D eigenvalue weighted by Crippen LogP contribution is -2.52. The maximum absolute atomic E-state index is 12.7. The van der Waals surface area contributed by atoms with Gasteiger partial charge in [-0.25, -0.2) is 4.79 Å². The van der Waals surface area contributed by atoms with E-state index in [0.717, 1.165) is 69.9 Å². The predicted octanol–water partition coefficient (Wildman–Crippen LogP) is 5.93. The topological polar surface area (TPSA) is 88.8 Å². The monoisotopic (exact) mass is 452 g/mol. The van der Waals surface area contributed by atoms with E-state index in [1.807, 2.05) is 0 Å². The van der Waals surface area contributed by atoms with Crippen molar-refractivity contribution in [3.05, 3.63) is 22.8 Å². The van der Waals surface area contributed by atoms with Crippen molar-refractivity contribution in [3.63, 3.8) is 0 Å². The molecule has 0 amide bonds. The Hall–Kier alpha value is -2.42. The van der Waals surface area contributed by atoms with Crippen LogP contribution in [0.1, 0.15) is 97.8 Å². The highest BCUT2D eigenvalue weighted by Crippen LogP contribution is 2.65. The van der Waals surface area contributed by atoms with Gasteiger partial charge >= 0.3 is 11.9 Å². The molecule has 0 saturated heterocycles. The van der Waals surface area contributed by atoms with Crippen LogP contribution in [0, 0.1) is 28.6 Å². The molecule has 0 aromatic rings. The van der Waals surface area contributed by atoms with Crippen molar-refractivity contribution in [2.24, 2.45) is 22.4 Å². The van der Waals surface area contributed by atoms with E-state index in [1.54, 1.807) is 5.57 Å². The third-order valence-corrected chi connectivity index (χ3v) is 8.74. The number of carbonyl (C=O) groups excluding carboxylic acids is 2. The second-order valence-electron chi connectivity index (χ2n) is 10.5. The fraction of sp³-hybridized carbons (Fsp3) is 0.704. The lowest BCUT2D eigenvalue weighted by atomic mass is 9.54. The van der Waals surface area contributed by atoms with E-state index < -0.39 is 11.6 Å². The zero-order valence-electron chi connectivity index (χ0n) is 20.2. The summed E-state index contributed by atoms with van der Waals surface area (Å²) in [6, 6.07) is 2.36. The van der Waals surface area contributed by atoms with Crippen molar-refractivity contribution in [2.45, 2.75) is 103 Å². The molecule has 4 aliphatic rings. The van der Waals surface area contributed by atoms with E-state index in [1.165, 1.54) is 18.1 Å². The highest BCUT2D eigenvalue weighted by molar-refractivity contribution is 5.97. The molecular formula is C27H36N2O4. The maximum Gasteiger partial charge on any atom is 0.331 e. The van der Waals surface area contributed by atoms with Crippen molar-refractivity contribution >= 4 is 17.7 Å². The average Bonchev–Trinajstić information content (AvgIpc) is 3.08. The molecule has 6 nitrogen and oxygen atoms in total. The van der Waals surface area contributed by atoms with E-state index in [0.29, 0.717) is 18.3 Å². The Morgan fingerprint density at radius 3 is 2.76 bits per heavy atom. The Labute approximate surface area is 197 Å². The van der Waals surface area contributed by atoms with Gasteiger partial charge in [0.25, 0.3) is 0 Å². The lowest BCUT2D eigenvalue weighted by molar-refractivity contribution is -0.177. The molecule has 0 aromatic carbocycles. The van der Waals surface area contributed by atoms with Crippen LogP contribution in [0.25, 0.3) is 0 Å². The minimum atomic E-state index is -0.653. The molecule has 4 rings (SSSR count). The first-order valence-corrected chi connectivity index (χ1v) is 12.6. The number of allylic oxidation sites excluding steroid dienone is 4. The van der Waals surface area contributed by atoms with Crippen molar-refractivity contribution < 1.29 is 19.2 Å². The van der Waals surface area contributed by atoms with Gasteiger partial charge in [0.1, 0.15) is 5.60 Å². The molecule has 0 spiro atoms. The molecule has 4 atom stereocenters. The van der Waals surface area contributed by atoms with Gasteiger partial charge in [-0.05, 0) is 86.8 Å². The summed E-state index contributed by atoms with van der Waals surface area (Å²) in [7, 11) is 0. The van der Waals surface area contributed by atoms with Gasteiger partial charge in [-0.3, -0.25) is 4.79 Å². The van der Waals surface area contributed by atoms with Crippen LogP contribution in [0.4, 0.5) is 0 Å². The van der Waals surface area contributed by atoms with Gasteiger partial charge in [-0.15, -0.1) is 0 Å². The van der Waals surface area contributed by atoms with Gasteiger partial charge in [-0.1, -0.05) is 31.0 Å². The fourth-order valence-corrected chi connectivity index (χ4v) is 7.04. The summed E-state index contributed by atoms with van der Waals surface area (Å²) >= 11 is 0. The van der Waals surface area contributed by atoms with Gasteiger partial charge in [0.2, 0.25) is 0 Å². The number of rotatable bonds is 6. The average molecular weight is 453 g/mol. The summed E-state index contributed by atoms with van der Waals surface area (Å²) in [6.07, 6.45) is 12.2. The summed E-state index contributed by atoms with van der Waals surface area (Å²) in [6.45, 7) is 5.73. The summed E-state index contributed by atoms with van der Waals surface area (Å²) < 4.78 is 6.21. The minimum absolute atomic E-state index is 0.140. The number of fused-ring (bicyclic) bond motifs is 4. The van der Waals surface area contributed by atoms with E-state index in [2.05, 4.69) is 31.1 Å². The molecule has 33 heavy (non-hydrogen) atoms. The van der Waals surface area contributed by atoms with Crippen LogP contribution in [0.2, 0.25) is 0 Å². The van der Waals surface area contributed by atoms with Gasteiger partial charge in [0.15, 0.2) is 0 Å². The molecular weight excluding hydrogens is 416 g/mol. The van der Waals surface area contributed by atoms with Crippen LogP contribution in [0.5, 0.6) is 0 Å². The number of oxime groups is 1. The zero-order valence-corrected chi connectivity index (χ0v) is 20.2. The lowest BCUT2D eigenvalue weighted by Gasteiger charge is -2.52. The number of nitrogens with zero attached hydrogens (tertiary/aromatic N) is 2. The molecule has 6 heteroatoms. The maximum atomic E-state index is 12.7. The van der Waals surface area contributed by atoms with Crippen LogP contribution in [0.15, 0.2) is 28.0 Å². The summed E-state index contributed by atoms with van der Waals surface area (Å²) in [5, 5.41) is 13.7. The van der Waals surface area contributed by atoms with Crippen LogP contribution in [-0.2, 0) is 19.2 Å². The first-order valence-electron chi connectivity index (χ1n) is 12.6. The zero-order chi connectivity index (χ0) is 23.6. The number of nitriles is 1. The molecule has 0 aliphatic heterocycles. The van der Waals surface area contributed by atoms with Gasteiger partial charge < -0.3 is 9.57 Å². The standard InChI is InChI=1S/C27H36N2O4/c1-4-5-6-25(31)32-27(15-16-28)14-12-24-23-9-7-19-17-20(29-33-18(2)30)8-10-21(19)22(23)11-13-26(24,27)3/h17,23-24H,4-15H2,1-3H3/t23?,24?,26-,27+/m0/s1. The van der Waals surface area contributed by atoms with Crippen molar-refractivity contribution in [1.29, 1.82) is 5.26 Å². The smallest absolute Gasteiger partial charge is 0.331 e.